The van der Waals surface area contributed by atoms with Gasteiger partial charge in [-0.2, -0.15) is 0 Å². The molecule has 1 rings (SSSR count). The third-order valence-corrected chi connectivity index (χ3v) is 9.25. The van der Waals surface area contributed by atoms with E-state index in [4.69, 9.17) is 0 Å². The Kier molecular flexibility index (Phi) is 12.2. The van der Waals surface area contributed by atoms with Crippen molar-refractivity contribution in [1.29, 1.82) is 0 Å². The van der Waals surface area contributed by atoms with Crippen LogP contribution in [0.15, 0.2) is 30.4 Å². The Balaban J connectivity index is 2.22. The molecule has 3 nitrogen and oxygen atoms in total. The van der Waals surface area contributed by atoms with E-state index in [0.29, 0.717) is 15.5 Å². The summed E-state index contributed by atoms with van der Waals surface area (Å²) in [7, 11) is -3.49. The lowest BCUT2D eigenvalue weighted by atomic mass is 10.1. The first-order valence-electron chi connectivity index (χ1n) is 9.03. The van der Waals surface area contributed by atoms with Crippen LogP contribution in [-0.4, -0.2) is 15.0 Å². The van der Waals surface area contributed by atoms with E-state index < -0.39 is 10.0 Å². The monoisotopic (exact) mass is 559 g/mol. The van der Waals surface area contributed by atoms with Gasteiger partial charge in [-0.05, 0) is 66.3 Å². The van der Waals surface area contributed by atoms with Crippen LogP contribution in [0.1, 0.15) is 71.1 Å². The molecule has 0 bridgehead atoms. The lowest BCUT2D eigenvalue weighted by Crippen LogP contribution is -2.25. The molecule has 0 aliphatic rings. The van der Waals surface area contributed by atoms with E-state index in [9.17, 15) is 8.42 Å². The van der Waals surface area contributed by atoms with Gasteiger partial charge in [0.25, 0.3) is 0 Å². The number of nitrogens with one attached hydrogen (secondary N) is 1. The maximum Gasteiger partial charge on any atom is 0.241 e. The normalized spacial score (nSPS) is 11.8. The Morgan fingerprint density at radius 3 is 1.88 bits per heavy atom. The summed E-state index contributed by atoms with van der Waals surface area (Å²) in [6.45, 7) is 2.72. The Labute approximate surface area is 178 Å². The minimum absolute atomic E-state index is 0.259. The molecule has 25 heavy (non-hydrogen) atoms. The molecule has 0 spiro atoms. The van der Waals surface area contributed by atoms with Gasteiger partial charge in [-0.1, -0.05) is 64.7 Å². The van der Waals surface area contributed by atoms with Crippen LogP contribution < -0.4 is 4.72 Å². The first kappa shape index (κ1) is 23.6. The van der Waals surface area contributed by atoms with Crippen LogP contribution in [0.3, 0.4) is 0 Å². The molecule has 0 radical (unpaired) electrons. The minimum atomic E-state index is -3.49. The highest BCUT2D eigenvalue weighted by Crippen LogP contribution is 2.35. The third-order valence-electron chi connectivity index (χ3n) is 4.11. The zero-order valence-corrected chi connectivity index (χ0v) is 20.4. The molecule has 0 amide bonds. The van der Waals surface area contributed by atoms with Crippen LogP contribution >= 0.6 is 47.8 Å². The first-order chi connectivity index (χ1) is 11.9. The number of benzene rings is 1. The summed E-state index contributed by atoms with van der Waals surface area (Å²) >= 11 is 10.1. The van der Waals surface area contributed by atoms with Crippen molar-refractivity contribution in [2.45, 2.75) is 76.0 Å². The van der Waals surface area contributed by atoms with E-state index in [2.05, 4.69) is 59.4 Å². The molecular formula is C18H28Br3NO2S. The Morgan fingerprint density at radius 1 is 0.800 bits per heavy atom. The number of rotatable bonds is 13. The van der Waals surface area contributed by atoms with Crippen LogP contribution in [0.25, 0.3) is 0 Å². The number of unbranched alkanes of at least 4 members (excludes halogenated alkanes) is 9. The van der Waals surface area contributed by atoms with Crippen molar-refractivity contribution in [3.63, 3.8) is 0 Å². The van der Waals surface area contributed by atoms with Gasteiger partial charge in [-0.25, -0.2) is 13.1 Å². The molecule has 0 fully saturated rings. The van der Waals surface area contributed by atoms with Crippen molar-refractivity contribution in [1.82, 2.24) is 4.72 Å². The topological polar surface area (TPSA) is 46.2 Å². The molecule has 1 aromatic rings. The highest BCUT2D eigenvalue weighted by atomic mass is 79.9. The van der Waals surface area contributed by atoms with Crippen LogP contribution in [0.4, 0.5) is 0 Å². The summed E-state index contributed by atoms with van der Waals surface area (Å²) in [6, 6.07) is 3.32. The fraction of sp³-hybridized carbons (Fsp3) is 0.667. The fourth-order valence-electron chi connectivity index (χ4n) is 2.61. The predicted octanol–water partition coefficient (Wildman–Crippen LogP) is 7.17. The van der Waals surface area contributed by atoms with Gasteiger partial charge < -0.3 is 0 Å². The van der Waals surface area contributed by atoms with Crippen molar-refractivity contribution in [3.8, 4) is 0 Å². The van der Waals surface area contributed by atoms with Gasteiger partial charge in [0.1, 0.15) is 0 Å². The third kappa shape index (κ3) is 8.87. The fourth-order valence-corrected chi connectivity index (χ4v) is 5.82. The molecule has 1 aromatic carbocycles. The predicted molar refractivity (Wildman–Crippen MR) is 117 cm³/mol. The average Bonchev–Trinajstić information content (AvgIpc) is 2.57. The maximum absolute atomic E-state index is 12.4. The summed E-state index contributed by atoms with van der Waals surface area (Å²) in [4.78, 5) is 0.259. The molecule has 0 aliphatic carbocycles. The molecule has 1 N–H and O–H groups in total. The zero-order chi connectivity index (χ0) is 18.7. The quantitative estimate of drug-likeness (QED) is 0.205. The smallest absolute Gasteiger partial charge is 0.211 e. The molecule has 144 valence electrons. The molecule has 0 atom stereocenters. The van der Waals surface area contributed by atoms with E-state index >= 15 is 0 Å². The molecule has 0 aliphatic heterocycles. The second-order valence-corrected chi connectivity index (χ2v) is 10.4. The van der Waals surface area contributed by atoms with Crippen molar-refractivity contribution in [2.24, 2.45) is 0 Å². The molecule has 7 heteroatoms. The first-order valence-corrected chi connectivity index (χ1v) is 12.9. The maximum atomic E-state index is 12.4. The highest BCUT2D eigenvalue weighted by molar-refractivity contribution is 9.14. The lowest BCUT2D eigenvalue weighted by Gasteiger charge is -2.10. The Bertz CT molecular complexity index is 621. The van der Waals surface area contributed by atoms with Crippen LogP contribution in [0, 0.1) is 0 Å². The van der Waals surface area contributed by atoms with E-state index in [0.717, 1.165) is 17.3 Å². The van der Waals surface area contributed by atoms with Crippen molar-refractivity contribution < 1.29 is 8.42 Å². The number of sulfonamides is 1. The van der Waals surface area contributed by atoms with Gasteiger partial charge in [-0.3, -0.25) is 0 Å². The Morgan fingerprint density at radius 2 is 1.32 bits per heavy atom. The average molecular weight is 562 g/mol. The lowest BCUT2D eigenvalue weighted by molar-refractivity contribution is 0.549. The minimum Gasteiger partial charge on any atom is -0.211 e. The van der Waals surface area contributed by atoms with Gasteiger partial charge >= 0.3 is 0 Å². The van der Waals surface area contributed by atoms with Gasteiger partial charge in [0.2, 0.25) is 10.0 Å². The summed E-state index contributed by atoms with van der Waals surface area (Å²) < 4.78 is 29.5. The van der Waals surface area contributed by atoms with E-state index in [1.807, 2.05) is 0 Å². The van der Waals surface area contributed by atoms with Gasteiger partial charge in [-0.15, -0.1) is 0 Å². The second-order valence-electron chi connectivity index (χ2n) is 6.25. The number of halogens is 3. The molecule has 0 aromatic heterocycles. The molecule has 0 unspecified atom stereocenters. The standard InChI is InChI=1S/C18H28Br3NO2S/c1-2-3-4-5-6-7-8-9-10-11-14-22-25(23,24)16-13-12-15(19)17(20)18(16)21/h12-13,22H,2-11,14H2,1H3. The van der Waals surface area contributed by atoms with Crippen molar-refractivity contribution in [2.75, 3.05) is 6.54 Å². The van der Waals surface area contributed by atoms with Crippen molar-refractivity contribution >= 4 is 57.8 Å². The number of hydrogen-bond donors (Lipinski definition) is 1. The van der Waals surface area contributed by atoms with Crippen molar-refractivity contribution in [3.05, 3.63) is 25.6 Å². The largest absolute Gasteiger partial charge is 0.241 e. The van der Waals surface area contributed by atoms with E-state index in [1.165, 1.54) is 51.4 Å². The molecule has 0 saturated heterocycles. The molecule has 0 heterocycles. The molecular weight excluding hydrogens is 534 g/mol. The van der Waals surface area contributed by atoms with Crippen LogP contribution in [0.5, 0.6) is 0 Å². The van der Waals surface area contributed by atoms with Gasteiger partial charge in [0.05, 0.1) is 9.37 Å². The van der Waals surface area contributed by atoms with E-state index in [-0.39, 0.29) is 4.90 Å². The summed E-state index contributed by atoms with van der Waals surface area (Å²) in [5, 5.41) is 0. The summed E-state index contributed by atoms with van der Waals surface area (Å²) in [5.74, 6) is 0. The number of hydrogen-bond acceptors (Lipinski definition) is 2. The van der Waals surface area contributed by atoms with Crippen LogP contribution in [-0.2, 0) is 10.0 Å². The SMILES string of the molecule is CCCCCCCCCCCCNS(=O)(=O)c1ccc(Br)c(Br)c1Br. The summed E-state index contributed by atoms with van der Waals surface area (Å²) in [5.41, 5.74) is 0. The highest BCUT2D eigenvalue weighted by Gasteiger charge is 2.19. The van der Waals surface area contributed by atoms with E-state index in [1.54, 1.807) is 12.1 Å². The second kappa shape index (κ2) is 12.9. The van der Waals surface area contributed by atoms with Gasteiger partial charge in [0, 0.05) is 15.5 Å². The van der Waals surface area contributed by atoms with Crippen LogP contribution in [0.2, 0.25) is 0 Å². The van der Waals surface area contributed by atoms with Gasteiger partial charge in [0.15, 0.2) is 0 Å². The summed E-state index contributed by atoms with van der Waals surface area (Å²) in [6.07, 6.45) is 12.4. The zero-order valence-electron chi connectivity index (χ0n) is 14.8. The Hall–Kier alpha value is 0.570. The molecule has 0 saturated carbocycles.